The third-order valence-corrected chi connectivity index (χ3v) is 6.20. The smallest absolute Gasteiger partial charge is 0.0850 e. The highest BCUT2D eigenvalue weighted by Gasteiger charge is 2.47. The molecule has 0 radical (unpaired) electrons. The highest BCUT2D eigenvalue weighted by Crippen LogP contribution is 2.53. The molecule has 4 unspecified atom stereocenters. The predicted octanol–water partition coefficient (Wildman–Crippen LogP) is 3.67. The normalized spacial score (nSPS) is 42.8. The maximum atomic E-state index is 8.66. The molecule has 2 rings (SSSR count). The maximum absolute atomic E-state index is 8.66. The van der Waals surface area contributed by atoms with E-state index in [1.807, 2.05) is 0 Å². The second-order valence-corrected chi connectivity index (χ2v) is 7.51. The van der Waals surface area contributed by atoms with Crippen LogP contribution in [0.3, 0.4) is 0 Å². The van der Waals surface area contributed by atoms with Crippen LogP contribution in [-0.2, 0) is 4.89 Å². The largest absolute Gasteiger partial charge is 0.252 e. The zero-order chi connectivity index (χ0) is 11.8. The first-order valence-electron chi connectivity index (χ1n) is 6.44. The Bertz CT molecular complexity index is 242. The van der Waals surface area contributed by atoms with Gasteiger partial charge < -0.3 is 0 Å². The summed E-state index contributed by atoms with van der Waals surface area (Å²) in [6.07, 6.45) is 3.85. The first-order chi connectivity index (χ1) is 7.56. The Morgan fingerprint density at radius 1 is 1.38 bits per heavy atom. The lowest BCUT2D eigenvalue weighted by molar-refractivity contribution is -0.257. The van der Waals surface area contributed by atoms with Crippen LogP contribution in [0.5, 0.6) is 0 Å². The van der Waals surface area contributed by atoms with Crippen molar-refractivity contribution in [3.63, 3.8) is 0 Å². The molecule has 4 atom stereocenters. The molecule has 2 aliphatic rings. The van der Waals surface area contributed by atoms with Crippen molar-refractivity contribution in [1.29, 1.82) is 0 Å². The van der Waals surface area contributed by atoms with Gasteiger partial charge in [0, 0.05) is 5.25 Å². The van der Waals surface area contributed by atoms with Crippen molar-refractivity contribution >= 4 is 11.8 Å². The summed E-state index contributed by atoms with van der Waals surface area (Å²) in [4.78, 5) is 4.39. The Kier molecular flexibility index (Phi) is 3.87. The lowest BCUT2D eigenvalue weighted by Crippen LogP contribution is -2.47. The fourth-order valence-corrected chi connectivity index (χ4v) is 5.90. The van der Waals surface area contributed by atoms with Crippen LogP contribution in [0, 0.1) is 23.2 Å². The summed E-state index contributed by atoms with van der Waals surface area (Å²) in [6.45, 7) is 7.71. The molecule has 1 saturated carbocycles. The Balaban J connectivity index is 2.12. The molecule has 0 aromatic carbocycles. The van der Waals surface area contributed by atoms with Crippen molar-refractivity contribution in [2.75, 3.05) is 12.4 Å². The molecule has 1 aliphatic heterocycles. The Morgan fingerprint density at radius 2 is 2.12 bits per heavy atom. The molecule has 94 valence electrons. The van der Waals surface area contributed by atoms with Gasteiger partial charge in [0.1, 0.15) is 0 Å². The summed E-state index contributed by atoms with van der Waals surface area (Å²) < 4.78 is 0. The molecule has 0 spiro atoms. The van der Waals surface area contributed by atoms with Gasteiger partial charge in [0.05, 0.1) is 6.61 Å². The Hall–Kier alpha value is 0.270. The summed E-state index contributed by atoms with van der Waals surface area (Å²) in [6, 6.07) is 0. The number of rotatable bonds is 2. The van der Waals surface area contributed by atoms with Crippen LogP contribution < -0.4 is 0 Å². The van der Waals surface area contributed by atoms with Crippen molar-refractivity contribution in [3.8, 4) is 0 Å². The molecular formula is C13H24O2S. The van der Waals surface area contributed by atoms with Gasteiger partial charge in [0.25, 0.3) is 0 Å². The molecule has 2 fully saturated rings. The number of fused-ring (bicyclic) bond motifs is 1. The van der Waals surface area contributed by atoms with E-state index < -0.39 is 0 Å². The van der Waals surface area contributed by atoms with Gasteiger partial charge in [0.2, 0.25) is 0 Å². The second-order valence-electron chi connectivity index (χ2n) is 6.17. The minimum atomic E-state index is 0.462. The summed E-state index contributed by atoms with van der Waals surface area (Å²) in [5.74, 6) is 3.33. The van der Waals surface area contributed by atoms with Crippen molar-refractivity contribution in [3.05, 3.63) is 0 Å². The molecule has 0 aromatic heterocycles. The standard InChI is InChI=1S/C13H24O2S/c1-9-10(8-15-14)4-5-11-12(9)13(2,3)6-7-16-11/h9-12,14H,4-8H2,1-3H3. The SMILES string of the molecule is CC1C(COO)CCC2SCCC(C)(C)C21. The van der Waals surface area contributed by atoms with Crippen molar-refractivity contribution in [2.45, 2.75) is 45.3 Å². The zero-order valence-electron chi connectivity index (χ0n) is 10.6. The summed E-state index contributed by atoms with van der Waals surface area (Å²) in [5, 5.41) is 9.50. The van der Waals surface area contributed by atoms with E-state index in [1.54, 1.807) is 0 Å². The Labute approximate surface area is 103 Å². The van der Waals surface area contributed by atoms with Crippen molar-refractivity contribution in [2.24, 2.45) is 23.2 Å². The van der Waals surface area contributed by atoms with Gasteiger partial charge in [-0.15, -0.1) is 0 Å². The van der Waals surface area contributed by atoms with E-state index in [0.29, 0.717) is 23.9 Å². The third-order valence-electron chi connectivity index (χ3n) is 4.80. The van der Waals surface area contributed by atoms with Crippen LogP contribution in [0.15, 0.2) is 0 Å². The van der Waals surface area contributed by atoms with Crippen LogP contribution in [0.25, 0.3) is 0 Å². The molecule has 0 amide bonds. The van der Waals surface area contributed by atoms with Gasteiger partial charge in [0.15, 0.2) is 0 Å². The fourth-order valence-electron chi connectivity index (χ4n) is 3.83. The molecule has 1 aliphatic carbocycles. The lowest BCUT2D eigenvalue weighted by Gasteiger charge is -2.52. The lowest BCUT2D eigenvalue weighted by atomic mass is 9.61. The van der Waals surface area contributed by atoms with E-state index in [2.05, 4.69) is 37.4 Å². The molecule has 2 nitrogen and oxygen atoms in total. The van der Waals surface area contributed by atoms with Crippen LogP contribution in [0.4, 0.5) is 0 Å². The van der Waals surface area contributed by atoms with E-state index in [0.717, 1.165) is 11.2 Å². The number of thioether (sulfide) groups is 1. The highest BCUT2D eigenvalue weighted by molar-refractivity contribution is 7.99. The minimum absolute atomic E-state index is 0.462. The summed E-state index contributed by atoms with van der Waals surface area (Å²) in [7, 11) is 0. The molecule has 16 heavy (non-hydrogen) atoms. The third kappa shape index (κ3) is 2.27. The van der Waals surface area contributed by atoms with Crippen LogP contribution in [0.1, 0.15) is 40.0 Å². The zero-order valence-corrected chi connectivity index (χ0v) is 11.4. The topological polar surface area (TPSA) is 29.5 Å². The average molecular weight is 244 g/mol. The van der Waals surface area contributed by atoms with Gasteiger partial charge in [-0.25, -0.2) is 4.89 Å². The number of hydrogen-bond acceptors (Lipinski definition) is 3. The van der Waals surface area contributed by atoms with Gasteiger partial charge in [-0.05, 0) is 48.2 Å². The Morgan fingerprint density at radius 3 is 2.81 bits per heavy atom. The van der Waals surface area contributed by atoms with Gasteiger partial charge in [-0.1, -0.05) is 20.8 Å². The van der Waals surface area contributed by atoms with E-state index in [-0.39, 0.29) is 0 Å². The molecule has 0 bridgehead atoms. The fraction of sp³-hybridized carbons (Fsp3) is 1.00. The highest BCUT2D eigenvalue weighted by atomic mass is 32.2. The predicted molar refractivity (Wildman–Crippen MR) is 68.6 cm³/mol. The monoisotopic (exact) mass is 244 g/mol. The van der Waals surface area contributed by atoms with Crippen LogP contribution >= 0.6 is 11.8 Å². The van der Waals surface area contributed by atoms with E-state index in [9.17, 15) is 0 Å². The minimum Gasteiger partial charge on any atom is -0.252 e. The van der Waals surface area contributed by atoms with E-state index in [4.69, 9.17) is 5.26 Å². The molecule has 1 N–H and O–H groups in total. The first kappa shape index (κ1) is 12.7. The average Bonchev–Trinajstić information content (AvgIpc) is 2.21. The van der Waals surface area contributed by atoms with Crippen molar-refractivity contribution in [1.82, 2.24) is 0 Å². The summed E-state index contributed by atoms with van der Waals surface area (Å²) in [5.41, 5.74) is 0.462. The molecule has 1 saturated heterocycles. The summed E-state index contributed by atoms with van der Waals surface area (Å²) >= 11 is 2.17. The maximum Gasteiger partial charge on any atom is 0.0850 e. The van der Waals surface area contributed by atoms with E-state index in [1.165, 1.54) is 25.0 Å². The molecule has 3 heteroatoms. The quantitative estimate of drug-likeness (QED) is 0.593. The molecule has 1 heterocycles. The van der Waals surface area contributed by atoms with Crippen LogP contribution in [-0.4, -0.2) is 22.9 Å². The number of hydrogen-bond donors (Lipinski definition) is 1. The van der Waals surface area contributed by atoms with E-state index >= 15 is 0 Å². The first-order valence-corrected chi connectivity index (χ1v) is 7.49. The van der Waals surface area contributed by atoms with Gasteiger partial charge in [-0.3, -0.25) is 5.26 Å². The second kappa shape index (κ2) is 4.87. The van der Waals surface area contributed by atoms with Crippen molar-refractivity contribution < 1.29 is 10.1 Å². The molecule has 0 aromatic rings. The van der Waals surface area contributed by atoms with Crippen LogP contribution in [0.2, 0.25) is 0 Å². The van der Waals surface area contributed by atoms with Gasteiger partial charge in [-0.2, -0.15) is 11.8 Å². The molecular weight excluding hydrogens is 220 g/mol. The van der Waals surface area contributed by atoms with Gasteiger partial charge >= 0.3 is 0 Å².